The number of ether oxygens (including phenoxy) is 2. The van der Waals surface area contributed by atoms with Crippen molar-refractivity contribution in [3.05, 3.63) is 26.6 Å². The van der Waals surface area contributed by atoms with Crippen LogP contribution in [0.3, 0.4) is 0 Å². The first-order valence-electron chi connectivity index (χ1n) is 6.45. The van der Waals surface area contributed by atoms with E-state index in [9.17, 15) is 4.79 Å². The molecule has 0 saturated carbocycles. The Hall–Kier alpha value is -0.590. The van der Waals surface area contributed by atoms with Crippen molar-refractivity contribution < 1.29 is 19.4 Å². The number of hydrogen-bond acceptors (Lipinski definition) is 4. The number of benzene rings is 1. The van der Waals surface area contributed by atoms with E-state index < -0.39 is 6.10 Å². The molecule has 112 valence electrons. The van der Waals surface area contributed by atoms with Crippen LogP contribution in [0.1, 0.15) is 32.3 Å². The lowest BCUT2D eigenvalue weighted by molar-refractivity contribution is -0.151. The highest BCUT2D eigenvalue weighted by Crippen LogP contribution is 2.36. The first-order chi connectivity index (χ1) is 9.53. The molecule has 6 heteroatoms. The lowest BCUT2D eigenvalue weighted by Crippen LogP contribution is -2.29. The number of esters is 1. The Balaban J connectivity index is 2.96. The van der Waals surface area contributed by atoms with Crippen LogP contribution in [-0.4, -0.2) is 23.8 Å². The van der Waals surface area contributed by atoms with E-state index in [2.05, 4.69) is 31.9 Å². The maximum absolute atomic E-state index is 11.9. The molecule has 0 aliphatic carbocycles. The SMILES string of the molecule is CCCC(Oc1c(Br)cc(CO)cc1Br)C(=O)OCC. The van der Waals surface area contributed by atoms with E-state index in [1.54, 1.807) is 19.1 Å². The van der Waals surface area contributed by atoms with Crippen LogP contribution < -0.4 is 4.74 Å². The quantitative estimate of drug-likeness (QED) is 0.695. The van der Waals surface area contributed by atoms with E-state index in [0.717, 1.165) is 12.0 Å². The van der Waals surface area contributed by atoms with Crippen molar-refractivity contribution in [1.29, 1.82) is 0 Å². The number of halogens is 2. The molecule has 0 aliphatic heterocycles. The maximum Gasteiger partial charge on any atom is 0.347 e. The molecule has 0 bridgehead atoms. The first-order valence-corrected chi connectivity index (χ1v) is 8.04. The number of aliphatic hydroxyl groups excluding tert-OH is 1. The zero-order chi connectivity index (χ0) is 15.1. The summed E-state index contributed by atoms with van der Waals surface area (Å²) in [5.41, 5.74) is 0.749. The Bertz CT molecular complexity index is 439. The average molecular weight is 410 g/mol. The Morgan fingerprint density at radius 3 is 2.35 bits per heavy atom. The van der Waals surface area contributed by atoms with Gasteiger partial charge in [-0.15, -0.1) is 0 Å². The molecule has 0 saturated heterocycles. The molecular weight excluding hydrogens is 392 g/mol. The summed E-state index contributed by atoms with van der Waals surface area (Å²) in [7, 11) is 0. The van der Waals surface area contributed by atoms with Gasteiger partial charge < -0.3 is 14.6 Å². The van der Waals surface area contributed by atoms with Crippen molar-refractivity contribution >= 4 is 37.8 Å². The predicted octanol–water partition coefficient (Wildman–Crippen LogP) is 3.81. The Morgan fingerprint density at radius 1 is 1.30 bits per heavy atom. The summed E-state index contributed by atoms with van der Waals surface area (Å²) in [6.45, 7) is 4.01. The minimum absolute atomic E-state index is 0.0618. The van der Waals surface area contributed by atoms with Crippen LogP contribution in [0.4, 0.5) is 0 Å². The Kier molecular flexibility index (Phi) is 7.55. The van der Waals surface area contributed by atoms with Crippen molar-refractivity contribution in [2.75, 3.05) is 6.61 Å². The fourth-order valence-corrected chi connectivity index (χ4v) is 3.15. The molecule has 1 aromatic carbocycles. The Morgan fingerprint density at radius 2 is 1.90 bits per heavy atom. The zero-order valence-electron chi connectivity index (χ0n) is 11.5. The van der Waals surface area contributed by atoms with Crippen LogP contribution in [0.2, 0.25) is 0 Å². The normalized spacial score (nSPS) is 12.1. The summed E-state index contributed by atoms with van der Waals surface area (Å²) in [6.07, 6.45) is 0.764. The summed E-state index contributed by atoms with van der Waals surface area (Å²) in [4.78, 5) is 11.9. The second-order valence-electron chi connectivity index (χ2n) is 4.19. The standard InChI is InChI=1S/C14H18Br2O4/c1-3-5-12(14(18)19-4-2)20-13-10(15)6-9(8-17)7-11(13)16/h6-7,12,17H,3-5,8H2,1-2H3. The summed E-state index contributed by atoms with van der Waals surface area (Å²) in [5.74, 6) is 0.174. The van der Waals surface area contributed by atoms with Crippen LogP contribution in [-0.2, 0) is 16.1 Å². The average Bonchev–Trinajstić information content (AvgIpc) is 2.41. The van der Waals surface area contributed by atoms with Crippen molar-refractivity contribution in [3.8, 4) is 5.75 Å². The lowest BCUT2D eigenvalue weighted by atomic mass is 10.2. The second-order valence-corrected chi connectivity index (χ2v) is 5.90. The minimum Gasteiger partial charge on any atom is -0.476 e. The van der Waals surface area contributed by atoms with Gasteiger partial charge >= 0.3 is 5.97 Å². The van der Waals surface area contributed by atoms with Crippen molar-refractivity contribution in [3.63, 3.8) is 0 Å². The predicted molar refractivity (Wildman–Crippen MR) is 83.7 cm³/mol. The van der Waals surface area contributed by atoms with E-state index in [4.69, 9.17) is 14.6 Å². The maximum atomic E-state index is 11.9. The van der Waals surface area contributed by atoms with Crippen LogP contribution in [0.25, 0.3) is 0 Å². The molecule has 1 rings (SSSR count). The third-order valence-electron chi connectivity index (χ3n) is 2.60. The molecule has 1 N–H and O–H groups in total. The number of aliphatic hydroxyl groups is 1. The van der Waals surface area contributed by atoms with E-state index in [1.165, 1.54) is 0 Å². The van der Waals surface area contributed by atoms with Gasteiger partial charge in [0, 0.05) is 0 Å². The third-order valence-corrected chi connectivity index (χ3v) is 3.78. The van der Waals surface area contributed by atoms with Gasteiger partial charge in [0.05, 0.1) is 22.2 Å². The van der Waals surface area contributed by atoms with Gasteiger partial charge in [-0.2, -0.15) is 0 Å². The molecule has 0 spiro atoms. The molecule has 1 atom stereocenters. The molecule has 0 amide bonds. The summed E-state index contributed by atoms with van der Waals surface area (Å²) in [5, 5.41) is 9.15. The molecule has 1 aromatic rings. The number of rotatable bonds is 7. The summed E-state index contributed by atoms with van der Waals surface area (Å²) < 4.78 is 12.2. The van der Waals surface area contributed by atoms with Gasteiger partial charge in [0.2, 0.25) is 0 Å². The second kappa shape index (κ2) is 8.64. The topological polar surface area (TPSA) is 55.8 Å². The van der Waals surface area contributed by atoms with Crippen LogP contribution in [0.5, 0.6) is 5.75 Å². The monoisotopic (exact) mass is 408 g/mol. The Labute approximate surface area is 135 Å². The van der Waals surface area contributed by atoms with Crippen molar-refractivity contribution in [2.45, 2.75) is 39.4 Å². The third kappa shape index (κ3) is 4.75. The largest absolute Gasteiger partial charge is 0.476 e. The van der Waals surface area contributed by atoms with Gasteiger partial charge in [0.1, 0.15) is 5.75 Å². The smallest absolute Gasteiger partial charge is 0.347 e. The molecule has 20 heavy (non-hydrogen) atoms. The van der Waals surface area contributed by atoms with Crippen LogP contribution in [0.15, 0.2) is 21.1 Å². The molecule has 0 heterocycles. The molecule has 4 nitrogen and oxygen atoms in total. The molecule has 1 unspecified atom stereocenters. The van der Waals surface area contributed by atoms with Gasteiger partial charge in [0.25, 0.3) is 0 Å². The lowest BCUT2D eigenvalue weighted by Gasteiger charge is -2.19. The number of hydrogen-bond donors (Lipinski definition) is 1. The van der Waals surface area contributed by atoms with Crippen LogP contribution >= 0.6 is 31.9 Å². The molecule has 0 aromatic heterocycles. The summed E-state index contributed by atoms with van der Waals surface area (Å²) in [6, 6.07) is 3.52. The van der Waals surface area contributed by atoms with Gasteiger partial charge in [0.15, 0.2) is 6.10 Å². The highest BCUT2D eigenvalue weighted by atomic mass is 79.9. The molecule has 0 aliphatic rings. The van der Waals surface area contributed by atoms with Crippen LogP contribution in [0, 0.1) is 0 Å². The molecular formula is C14H18Br2O4. The first kappa shape index (κ1) is 17.5. The van der Waals surface area contributed by atoms with E-state index in [-0.39, 0.29) is 12.6 Å². The zero-order valence-corrected chi connectivity index (χ0v) is 14.7. The van der Waals surface area contributed by atoms with E-state index in [0.29, 0.717) is 27.7 Å². The van der Waals surface area contributed by atoms with Gasteiger partial charge in [-0.25, -0.2) is 4.79 Å². The fraction of sp³-hybridized carbons (Fsp3) is 0.500. The minimum atomic E-state index is -0.632. The molecule has 0 radical (unpaired) electrons. The highest BCUT2D eigenvalue weighted by Gasteiger charge is 2.23. The fourth-order valence-electron chi connectivity index (χ4n) is 1.68. The van der Waals surface area contributed by atoms with Gasteiger partial charge in [-0.1, -0.05) is 13.3 Å². The van der Waals surface area contributed by atoms with Crippen molar-refractivity contribution in [1.82, 2.24) is 0 Å². The number of carbonyl (C=O) groups excluding carboxylic acids is 1. The van der Waals surface area contributed by atoms with Gasteiger partial charge in [-0.05, 0) is 62.9 Å². The molecule has 0 fully saturated rings. The van der Waals surface area contributed by atoms with E-state index >= 15 is 0 Å². The highest BCUT2D eigenvalue weighted by molar-refractivity contribution is 9.11. The van der Waals surface area contributed by atoms with E-state index in [1.807, 2.05) is 6.92 Å². The number of carbonyl (C=O) groups is 1. The summed E-state index contributed by atoms with van der Waals surface area (Å²) >= 11 is 6.78. The van der Waals surface area contributed by atoms with Gasteiger partial charge in [-0.3, -0.25) is 0 Å². The van der Waals surface area contributed by atoms with Crippen molar-refractivity contribution in [2.24, 2.45) is 0 Å².